The minimum Gasteiger partial charge on any atom is -0.490 e. The Kier molecular flexibility index (Phi) is 7.42. The lowest BCUT2D eigenvalue weighted by molar-refractivity contribution is -0.163. The molecule has 0 aliphatic carbocycles. The van der Waals surface area contributed by atoms with Gasteiger partial charge < -0.3 is 24.8 Å². The second-order valence-electron chi connectivity index (χ2n) is 6.98. The van der Waals surface area contributed by atoms with E-state index in [-0.39, 0.29) is 38.7 Å². The molecule has 1 atom stereocenters. The molecule has 1 heterocycles. The van der Waals surface area contributed by atoms with Crippen LogP contribution in [0.1, 0.15) is 6.42 Å². The highest BCUT2D eigenvalue weighted by atomic mass is 35.5. The summed E-state index contributed by atoms with van der Waals surface area (Å²) in [6, 6.07) is 13.6. The number of nitrogens with two attached hydrogens (primary N) is 1. The summed E-state index contributed by atoms with van der Waals surface area (Å²) in [5.74, 6) is 0.340. The van der Waals surface area contributed by atoms with E-state index in [2.05, 4.69) is 0 Å². The lowest BCUT2D eigenvalue weighted by Gasteiger charge is -2.41. The number of carbonyl (C=O) groups excluding carboxylic acids is 2. The van der Waals surface area contributed by atoms with Crippen LogP contribution < -0.4 is 15.2 Å². The van der Waals surface area contributed by atoms with Crippen LogP contribution >= 0.6 is 23.2 Å². The van der Waals surface area contributed by atoms with Gasteiger partial charge in [-0.05, 0) is 48.5 Å². The maximum absolute atomic E-state index is 12.7. The number of benzene rings is 2. The summed E-state index contributed by atoms with van der Waals surface area (Å²) in [4.78, 5) is 25.9. The molecule has 2 aromatic carbocycles. The van der Waals surface area contributed by atoms with E-state index in [0.29, 0.717) is 28.1 Å². The fourth-order valence-corrected chi connectivity index (χ4v) is 3.39. The number of ether oxygens (including phenoxy) is 3. The summed E-state index contributed by atoms with van der Waals surface area (Å²) in [6.45, 7) is 0.701. The van der Waals surface area contributed by atoms with E-state index in [1.54, 1.807) is 53.4 Å². The van der Waals surface area contributed by atoms with Gasteiger partial charge >= 0.3 is 0 Å². The molecule has 2 aromatic rings. The molecule has 3 rings (SSSR count). The topological polar surface area (TPSA) is 91.1 Å². The van der Waals surface area contributed by atoms with Crippen molar-refractivity contribution in [3.8, 4) is 11.5 Å². The first-order valence-corrected chi connectivity index (χ1v) is 10.1. The quantitative estimate of drug-likeness (QED) is 0.664. The Balaban J connectivity index is 1.63. The molecule has 1 saturated heterocycles. The molecular weight excluding hydrogens is 431 g/mol. The van der Waals surface area contributed by atoms with Gasteiger partial charge in [-0.15, -0.1) is 0 Å². The average Bonchev–Trinajstić information content (AvgIpc) is 2.72. The summed E-state index contributed by atoms with van der Waals surface area (Å²) < 4.78 is 17.2. The van der Waals surface area contributed by atoms with Gasteiger partial charge in [-0.3, -0.25) is 9.59 Å². The van der Waals surface area contributed by atoms with Crippen LogP contribution in [0.25, 0.3) is 0 Å². The molecule has 160 valence electrons. The number of rotatable bonds is 8. The number of morpholine rings is 1. The van der Waals surface area contributed by atoms with Crippen LogP contribution in [0.2, 0.25) is 10.0 Å². The molecule has 0 saturated carbocycles. The van der Waals surface area contributed by atoms with E-state index in [0.717, 1.165) is 0 Å². The van der Waals surface area contributed by atoms with E-state index in [1.165, 1.54) is 0 Å². The molecule has 1 aliphatic heterocycles. The van der Waals surface area contributed by atoms with Crippen LogP contribution in [0.3, 0.4) is 0 Å². The van der Waals surface area contributed by atoms with Crippen LogP contribution in [0.4, 0.5) is 0 Å². The molecule has 9 heteroatoms. The maximum Gasteiger partial charge on any atom is 0.260 e. The first-order chi connectivity index (χ1) is 14.3. The van der Waals surface area contributed by atoms with E-state index < -0.39 is 11.5 Å². The molecule has 0 spiro atoms. The Morgan fingerprint density at radius 1 is 1.00 bits per heavy atom. The van der Waals surface area contributed by atoms with E-state index in [4.69, 9.17) is 43.1 Å². The third-order valence-corrected chi connectivity index (χ3v) is 5.09. The van der Waals surface area contributed by atoms with Crippen molar-refractivity contribution in [2.75, 3.05) is 32.9 Å². The Labute approximate surface area is 184 Å². The highest BCUT2D eigenvalue weighted by Crippen LogP contribution is 2.25. The monoisotopic (exact) mass is 452 g/mol. The largest absolute Gasteiger partial charge is 0.490 e. The van der Waals surface area contributed by atoms with Crippen molar-refractivity contribution in [2.24, 2.45) is 5.73 Å². The minimum atomic E-state index is -1.04. The number of hydrogen-bond acceptors (Lipinski definition) is 5. The van der Waals surface area contributed by atoms with E-state index >= 15 is 0 Å². The van der Waals surface area contributed by atoms with Crippen molar-refractivity contribution in [3.63, 3.8) is 0 Å². The predicted molar refractivity (Wildman–Crippen MR) is 113 cm³/mol. The molecule has 0 bridgehead atoms. The standard InChI is InChI=1S/C21H22Cl2N2O5/c22-15-1-5-17(6-2-15)28-12-20(27)25-9-10-30-21(13-25,11-19(24)26)14-29-18-7-3-16(23)4-8-18/h1-8H,9-14H2,(H2,24,26)/t21-/m1/s1. The van der Waals surface area contributed by atoms with Crippen molar-refractivity contribution in [1.29, 1.82) is 0 Å². The van der Waals surface area contributed by atoms with Crippen molar-refractivity contribution >= 4 is 35.0 Å². The van der Waals surface area contributed by atoms with Crippen molar-refractivity contribution < 1.29 is 23.8 Å². The fraction of sp³-hybridized carbons (Fsp3) is 0.333. The molecule has 7 nitrogen and oxygen atoms in total. The number of hydrogen-bond donors (Lipinski definition) is 1. The average molecular weight is 453 g/mol. The summed E-state index contributed by atoms with van der Waals surface area (Å²) >= 11 is 11.7. The Morgan fingerprint density at radius 3 is 2.13 bits per heavy atom. The first kappa shape index (κ1) is 22.2. The lowest BCUT2D eigenvalue weighted by atomic mass is 9.97. The van der Waals surface area contributed by atoms with Gasteiger partial charge in [-0.25, -0.2) is 0 Å². The minimum absolute atomic E-state index is 0.0550. The summed E-state index contributed by atoms with van der Waals surface area (Å²) in [7, 11) is 0. The Morgan fingerprint density at radius 2 is 1.57 bits per heavy atom. The highest BCUT2D eigenvalue weighted by molar-refractivity contribution is 6.30. The Bertz CT molecular complexity index is 876. The van der Waals surface area contributed by atoms with Crippen molar-refractivity contribution in [3.05, 3.63) is 58.6 Å². The highest BCUT2D eigenvalue weighted by Gasteiger charge is 2.41. The van der Waals surface area contributed by atoms with Crippen LogP contribution in [0.5, 0.6) is 11.5 Å². The Hall–Kier alpha value is -2.48. The van der Waals surface area contributed by atoms with Gasteiger partial charge in [-0.2, -0.15) is 0 Å². The van der Waals surface area contributed by atoms with Crippen LogP contribution in [-0.2, 0) is 14.3 Å². The van der Waals surface area contributed by atoms with Gasteiger partial charge in [0.1, 0.15) is 23.7 Å². The first-order valence-electron chi connectivity index (χ1n) is 9.32. The molecular formula is C21H22Cl2N2O5. The number of amides is 2. The normalized spacial score (nSPS) is 18.7. The molecule has 1 aliphatic rings. The smallest absolute Gasteiger partial charge is 0.260 e. The number of carbonyl (C=O) groups is 2. The summed E-state index contributed by atoms with van der Waals surface area (Å²) in [5.41, 5.74) is 4.39. The second-order valence-corrected chi connectivity index (χ2v) is 7.85. The fourth-order valence-electron chi connectivity index (χ4n) is 3.13. The summed E-state index contributed by atoms with van der Waals surface area (Å²) in [6.07, 6.45) is -0.0809. The van der Waals surface area contributed by atoms with Crippen LogP contribution in [0, 0.1) is 0 Å². The molecule has 0 radical (unpaired) electrons. The molecule has 0 aromatic heterocycles. The van der Waals surface area contributed by atoms with Crippen molar-refractivity contribution in [1.82, 2.24) is 4.90 Å². The number of nitrogens with zero attached hydrogens (tertiary/aromatic N) is 1. The van der Waals surface area contributed by atoms with Gasteiger partial charge in [0.15, 0.2) is 6.61 Å². The van der Waals surface area contributed by atoms with Gasteiger partial charge in [0, 0.05) is 16.6 Å². The molecule has 30 heavy (non-hydrogen) atoms. The third kappa shape index (κ3) is 6.26. The molecule has 2 amide bonds. The lowest BCUT2D eigenvalue weighted by Crippen LogP contribution is -2.58. The maximum atomic E-state index is 12.7. The van der Waals surface area contributed by atoms with Gasteiger partial charge in [0.2, 0.25) is 5.91 Å². The van der Waals surface area contributed by atoms with Crippen LogP contribution in [-0.4, -0.2) is 55.2 Å². The summed E-state index contributed by atoms with van der Waals surface area (Å²) in [5, 5.41) is 1.17. The zero-order chi connectivity index (χ0) is 21.6. The van der Waals surface area contributed by atoms with Gasteiger partial charge in [0.05, 0.1) is 19.6 Å². The zero-order valence-electron chi connectivity index (χ0n) is 16.2. The predicted octanol–water partition coefficient (Wildman–Crippen LogP) is 2.92. The number of halogens is 2. The van der Waals surface area contributed by atoms with E-state index in [1.807, 2.05) is 0 Å². The zero-order valence-corrected chi connectivity index (χ0v) is 17.7. The number of primary amides is 1. The van der Waals surface area contributed by atoms with Crippen LogP contribution in [0.15, 0.2) is 48.5 Å². The van der Waals surface area contributed by atoms with E-state index in [9.17, 15) is 9.59 Å². The molecule has 1 fully saturated rings. The second kappa shape index (κ2) is 10.0. The molecule has 2 N–H and O–H groups in total. The van der Waals surface area contributed by atoms with Gasteiger partial charge in [0.25, 0.3) is 5.91 Å². The third-order valence-electron chi connectivity index (χ3n) is 4.59. The SMILES string of the molecule is NC(=O)C[C@]1(COc2ccc(Cl)cc2)CN(C(=O)COc2ccc(Cl)cc2)CCO1. The van der Waals surface area contributed by atoms with Crippen molar-refractivity contribution in [2.45, 2.75) is 12.0 Å². The van der Waals surface area contributed by atoms with Gasteiger partial charge in [-0.1, -0.05) is 23.2 Å². The molecule has 0 unspecified atom stereocenters.